The molecule has 0 spiro atoms. The van der Waals surface area contributed by atoms with E-state index in [9.17, 15) is 0 Å². The Kier molecular flexibility index (Phi) is 2.05. The molecule has 3 heteroatoms. The number of aryl methyl sites for hydroxylation is 1. The van der Waals surface area contributed by atoms with Crippen LogP contribution in [0.25, 0.3) is 0 Å². The zero-order valence-electron chi connectivity index (χ0n) is 8.20. The van der Waals surface area contributed by atoms with Crippen LogP contribution in [0, 0.1) is 18.3 Å². The Labute approximate surface area is 82.9 Å². The lowest BCUT2D eigenvalue weighted by molar-refractivity contribution is 0.274. The van der Waals surface area contributed by atoms with E-state index in [1.54, 1.807) is 7.11 Å². The number of nitrogens with zero attached hydrogens (tertiary/aromatic N) is 1. The molecule has 0 aromatic heterocycles. The van der Waals surface area contributed by atoms with Crippen molar-refractivity contribution in [2.45, 2.75) is 19.4 Å². The molecular weight excluding hydrogens is 178 g/mol. The number of hydrogen-bond acceptors (Lipinski definition) is 3. The predicted octanol–water partition coefficient (Wildman–Crippen LogP) is 1.83. The molecule has 1 heterocycles. The average molecular weight is 189 g/mol. The van der Waals surface area contributed by atoms with E-state index in [-0.39, 0.29) is 6.10 Å². The van der Waals surface area contributed by atoms with Gasteiger partial charge in [-0.2, -0.15) is 5.26 Å². The molecule has 0 amide bonds. The highest BCUT2D eigenvalue weighted by atomic mass is 16.5. The van der Waals surface area contributed by atoms with Crippen molar-refractivity contribution < 1.29 is 9.47 Å². The fourth-order valence-corrected chi connectivity index (χ4v) is 1.71. The summed E-state index contributed by atoms with van der Waals surface area (Å²) in [5, 5.41) is 8.76. The lowest BCUT2D eigenvalue weighted by atomic mass is 10.1. The van der Waals surface area contributed by atoms with Crippen molar-refractivity contribution in [1.82, 2.24) is 0 Å². The summed E-state index contributed by atoms with van der Waals surface area (Å²) in [4.78, 5) is 0. The minimum atomic E-state index is -0.360. The standard InChI is InChI=1S/C11H11NO2/c1-7-3-8-5-9(6-12)14-11(8)10(4-7)13-2/h3-4,9H,5H2,1-2H3. The van der Waals surface area contributed by atoms with Gasteiger partial charge in [0.25, 0.3) is 0 Å². The fraction of sp³-hybridized carbons (Fsp3) is 0.364. The lowest BCUT2D eigenvalue weighted by Gasteiger charge is -2.07. The monoisotopic (exact) mass is 189 g/mol. The van der Waals surface area contributed by atoms with E-state index in [2.05, 4.69) is 6.07 Å². The maximum atomic E-state index is 8.76. The van der Waals surface area contributed by atoms with E-state index >= 15 is 0 Å². The molecule has 0 radical (unpaired) electrons. The van der Waals surface area contributed by atoms with Gasteiger partial charge >= 0.3 is 0 Å². The first kappa shape index (κ1) is 8.89. The third-order valence-corrected chi connectivity index (χ3v) is 2.31. The minimum Gasteiger partial charge on any atom is -0.493 e. The number of nitriles is 1. The molecule has 0 N–H and O–H groups in total. The van der Waals surface area contributed by atoms with Gasteiger partial charge in [-0.1, -0.05) is 6.07 Å². The van der Waals surface area contributed by atoms with E-state index in [1.807, 2.05) is 19.1 Å². The summed E-state index contributed by atoms with van der Waals surface area (Å²) in [6, 6.07) is 6.06. The second-order valence-electron chi connectivity index (χ2n) is 3.40. The highest BCUT2D eigenvalue weighted by molar-refractivity contribution is 5.52. The fourth-order valence-electron chi connectivity index (χ4n) is 1.71. The first-order valence-electron chi connectivity index (χ1n) is 4.48. The summed E-state index contributed by atoms with van der Waals surface area (Å²) in [5.74, 6) is 1.45. The SMILES string of the molecule is COc1cc(C)cc2c1OC(C#N)C2. The number of benzene rings is 1. The van der Waals surface area contributed by atoms with Crippen LogP contribution in [0.15, 0.2) is 12.1 Å². The van der Waals surface area contributed by atoms with Crippen LogP contribution in [-0.2, 0) is 6.42 Å². The van der Waals surface area contributed by atoms with Gasteiger partial charge in [0.2, 0.25) is 0 Å². The molecule has 1 atom stereocenters. The molecule has 0 saturated heterocycles. The number of fused-ring (bicyclic) bond motifs is 1. The highest BCUT2D eigenvalue weighted by Crippen LogP contribution is 2.38. The summed E-state index contributed by atoms with van der Waals surface area (Å²) in [7, 11) is 1.61. The van der Waals surface area contributed by atoms with Crippen LogP contribution in [0.3, 0.4) is 0 Å². The molecule has 2 rings (SSSR count). The molecule has 0 saturated carbocycles. The molecule has 1 aliphatic rings. The van der Waals surface area contributed by atoms with Crippen molar-refractivity contribution in [3.63, 3.8) is 0 Å². The van der Waals surface area contributed by atoms with Crippen molar-refractivity contribution in [3.05, 3.63) is 23.3 Å². The van der Waals surface area contributed by atoms with E-state index in [0.717, 1.165) is 22.6 Å². The maximum absolute atomic E-state index is 8.76. The van der Waals surface area contributed by atoms with Crippen LogP contribution in [-0.4, -0.2) is 13.2 Å². The van der Waals surface area contributed by atoms with Gasteiger partial charge in [0, 0.05) is 12.0 Å². The van der Waals surface area contributed by atoms with Gasteiger partial charge in [-0.3, -0.25) is 0 Å². The van der Waals surface area contributed by atoms with Crippen LogP contribution in [0.4, 0.5) is 0 Å². The molecule has 1 aliphatic heterocycles. The van der Waals surface area contributed by atoms with Gasteiger partial charge in [-0.15, -0.1) is 0 Å². The normalized spacial score (nSPS) is 18.2. The Morgan fingerprint density at radius 1 is 1.57 bits per heavy atom. The molecular formula is C11H11NO2. The van der Waals surface area contributed by atoms with Crippen molar-refractivity contribution >= 4 is 0 Å². The molecule has 0 bridgehead atoms. The number of rotatable bonds is 1. The van der Waals surface area contributed by atoms with Crippen molar-refractivity contribution in [2.75, 3.05) is 7.11 Å². The van der Waals surface area contributed by atoms with Gasteiger partial charge in [0.15, 0.2) is 17.6 Å². The van der Waals surface area contributed by atoms with Crippen molar-refractivity contribution in [1.29, 1.82) is 5.26 Å². The molecule has 3 nitrogen and oxygen atoms in total. The van der Waals surface area contributed by atoms with Crippen molar-refractivity contribution in [2.24, 2.45) is 0 Å². The Balaban J connectivity index is 2.46. The Hall–Kier alpha value is -1.69. The summed E-state index contributed by atoms with van der Waals surface area (Å²) in [6.45, 7) is 2.00. The number of ether oxygens (including phenoxy) is 2. The van der Waals surface area contributed by atoms with Crippen LogP contribution in [0.1, 0.15) is 11.1 Å². The van der Waals surface area contributed by atoms with E-state index < -0.39 is 0 Å². The van der Waals surface area contributed by atoms with Crippen LogP contribution in [0.5, 0.6) is 11.5 Å². The quantitative estimate of drug-likeness (QED) is 0.676. The second kappa shape index (κ2) is 3.22. The van der Waals surface area contributed by atoms with Gasteiger partial charge < -0.3 is 9.47 Å². The van der Waals surface area contributed by atoms with Gasteiger partial charge in [-0.25, -0.2) is 0 Å². The maximum Gasteiger partial charge on any atom is 0.188 e. The third kappa shape index (κ3) is 1.29. The zero-order chi connectivity index (χ0) is 10.1. The molecule has 0 aliphatic carbocycles. The molecule has 0 fully saturated rings. The molecule has 1 aromatic rings. The second-order valence-corrected chi connectivity index (χ2v) is 3.40. The Bertz CT molecular complexity index is 406. The molecule has 72 valence electrons. The van der Waals surface area contributed by atoms with Gasteiger partial charge in [0.05, 0.1) is 7.11 Å². The number of methoxy groups -OCH3 is 1. The van der Waals surface area contributed by atoms with E-state index in [1.165, 1.54) is 0 Å². The van der Waals surface area contributed by atoms with Gasteiger partial charge in [-0.05, 0) is 18.6 Å². The number of hydrogen-bond donors (Lipinski definition) is 0. The topological polar surface area (TPSA) is 42.2 Å². The summed E-state index contributed by atoms with van der Waals surface area (Å²) < 4.78 is 10.6. The largest absolute Gasteiger partial charge is 0.493 e. The first-order chi connectivity index (χ1) is 6.74. The zero-order valence-corrected chi connectivity index (χ0v) is 8.20. The lowest BCUT2D eigenvalue weighted by Crippen LogP contribution is -2.08. The Morgan fingerprint density at radius 3 is 3.00 bits per heavy atom. The predicted molar refractivity (Wildman–Crippen MR) is 51.5 cm³/mol. The summed E-state index contributed by atoms with van der Waals surface area (Å²) in [6.07, 6.45) is 0.296. The van der Waals surface area contributed by atoms with Crippen LogP contribution in [0.2, 0.25) is 0 Å². The summed E-state index contributed by atoms with van der Waals surface area (Å²) >= 11 is 0. The molecule has 14 heavy (non-hydrogen) atoms. The highest BCUT2D eigenvalue weighted by Gasteiger charge is 2.25. The van der Waals surface area contributed by atoms with Crippen LogP contribution < -0.4 is 9.47 Å². The molecule has 1 unspecified atom stereocenters. The van der Waals surface area contributed by atoms with E-state index in [0.29, 0.717) is 6.42 Å². The smallest absolute Gasteiger partial charge is 0.188 e. The minimum absolute atomic E-state index is 0.360. The van der Waals surface area contributed by atoms with Crippen LogP contribution >= 0.6 is 0 Å². The van der Waals surface area contributed by atoms with E-state index in [4.69, 9.17) is 14.7 Å². The summed E-state index contributed by atoms with van der Waals surface area (Å²) in [5.41, 5.74) is 2.19. The van der Waals surface area contributed by atoms with Crippen molar-refractivity contribution in [3.8, 4) is 17.6 Å². The first-order valence-corrected chi connectivity index (χ1v) is 4.48. The third-order valence-electron chi connectivity index (χ3n) is 2.31. The van der Waals surface area contributed by atoms with Gasteiger partial charge in [0.1, 0.15) is 6.07 Å². The average Bonchev–Trinajstić information content (AvgIpc) is 2.59. The Morgan fingerprint density at radius 2 is 2.36 bits per heavy atom. The molecule has 1 aromatic carbocycles.